The van der Waals surface area contributed by atoms with Gasteiger partial charge in [0.05, 0.1) is 11.4 Å². The number of hydrogen-bond acceptors (Lipinski definition) is 4. The topological polar surface area (TPSA) is 24.7 Å². The quantitative estimate of drug-likeness (QED) is 0.651. The smallest absolute Gasteiger partial charge is 0.101 e. The van der Waals surface area contributed by atoms with E-state index in [1.165, 1.54) is 20.6 Å². The third-order valence-corrected chi connectivity index (χ3v) is 5.54. The molecular weight excluding hydrogens is 308 g/mol. The summed E-state index contributed by atoms with van der Waals surface area (Å²) in [7, 11) is 0. The van der Waals surface area contributed by atoms with Crippen molar-refractivity contribution in [3.05, 3.63) is 48.6 Å². The first-order valence-corrected chi connectivity index (χ1v) is 8.81. The van der Waals surface area contributed by atoms with Gasteiger partial charge in [0, 0.05) is 20.6 Å². The maximum atomic E-state index is 4.77. The zero-order valence-electron chi connectivity index (χ0n) is 12.3. The van der Waals surface area contributed by atoms with E-state index >= 15 is 0 Å². The molecule has 0 spiro atoms. The Morgan fingerprint density at radius 3 is 1.59 bits per heavy atom. The number of thioether (sulfide) groups is 2. The Morgan fingerprint density at radius 2 is 1.18 bits per heavy atom. The van der Waals surface area contributed by atoms with Gasteiger partial charge in [0.1, 0.15) is 10.1 Å². The second-order valence-electron chi connectivity index (χ2n) is 5.02. The molecule has 108 valence electrons. The fourth-order valence-electron chi connectivity index (χ4n) is 2.69. The van der Waals surface area contributed by atoms with Crippen LogP contribution in [0.25, 0.3) is 10.8 Å². The molecule has 2 heterocycles. The van der Waals surface area contributed by atoms with Gasteiger partial charge >= 0.3 is 0 Å². The van der Waals surface area contributed by atoms with Crippen LogP contribution in [0.5, 0.6) is 0 Å². The van der Waals surface area contributed by atoms with Crippen LogP contribution in [0.1, 0.15) is 13.8 Å². The molecule has 0 saturated heterocycles. The van der Waals surface area contributed by atoms with Crippen molar-refractivity contribution in [2.75, 3.05) is 0 Å². The average molecular weight is 322 g/mol. The van der Waals surface area contributed by atoms with Crippen molar-refractivity contribution in [3.8, 4) is 0 Å². The van der Waals surface area contributed by atoms with Crippen LogP contribution < -0.4 is 0 Å². The number of benzene rings is 2. The average Bonchev–Trinajstić information content (AvgIpc) is 2.53. The standard InChI is InChI=1S/C18H14N2S2/c1-3-5-15-19-11-7-10-14-18-12(20-16(22-14)6-4-2)8-9-13(21-15)17(11)18/h3-10H,1-2H3/b5-3+,6-4+. The Hall–Kier alpha value is -1.78. The zero-order valence-corrected chi connectivity index (χ0v) is 14.0. The van der Waals surface area contributed by atoms with Crippen LogP contribution in [0, 0.1) is 0 Å². The van der Waals surface area contributed by atoms with Crippen LogP contribution in [0.3, 0.4) is 0 Å². The molecule has 22 heavy (non-hydrogen) atoms. The molecule has 4 heteroatoms. The van der Waals surface area contributed by atoms with Crippen LogP contribution in [0.15, 0.2) is 68.3 Å². The Morgan fingerprint density at radius 1 is 0.727 bits per heavy atom. The highest BCUT2D eigenvalue weighted by Gasteiger charge is 2.22. The van der Waals surface area contributed by atoms with Crippen molar-refractivity contribution < 1.29 is 0 Å². The molecule has 0 amide bonds. The first-order chi connectivity index (χ1) is 10.8. The molecule has 0 N–H and O–H groups in total. The summed E-state index contributed by atoms with van der Waals surface area (Å²) in [5.41, 5.74) is 2.10. The Bertz CT molecular complexity index is 830. The normalized spacial score (nSPS) is 16.5. The predicted octanol–water partition coefficient (Wildman–Crippen LogP) is 6.26. The minimum Gasteiger partial charge on any atom is -0.241 e. The van der Waals surface area contributed by atoms with E-state index in [1.54, 1.807) is 23.5 Å². The number of allylic oxidation sites excluding steroid dienone is 2. The highest BCUT2D eigenvalue weighted by molar-refractivity contribution is 8.15. The van der Waals surface area contributed by atoms with Crippen molar-refractivity contribution in [2.24, 2.45) is 9.98 Å². The molecule has 0 saturated carbocycles. The summed E-state index contributed by atoms with van der Waals surface area (Å²) >= 11 is 3.46. The third-order valence-electron chi connectivity index (χ3n) is 3.55. The maximum Gasteiger partial charge on any atom is 0.101 e. The summed E-state index contributed by atoms with van der Waals surface area (Å²) in [4.78, 5) is 12.1. The fraction of sp³-hybridized carbons (Fsp3) is 0.111. The first-order valence-electron chi connectivity index (χ1n) is 7.18. The Kier molecular flexibility index (Phi) is 3.43. The van der Waals surface area contributed by atoms with Crippen molar-refractivity contribution in [1.82, 2.24) is 0 Å². The molecule has 0 unspecified atom stereocenters. The molecule has 0 aromatic heterocycles. The number of nitrogens with zero attached hydrogens (tertiary/aromatic N) is 2. The summed E-state index contributed by atoms with van der Waals surface area (Å²) in [5, 5.41) is 4.56. The highest BCUT2D eigenvalue weighted by atomic mass is 32.2. The number of hydrogen-bond donors (Lipinski definition) is 0. The van der Waals surface area contributed by atoms with E-state index in [2.05, 4.69) is 36.4 Å². The Labute approximate surface area is 138 Å². The van der Waals surface area contributed by atoms with Gasteiger partial charge in [-0.2, -0.15) is 0 Å². The zero-order chi connectivity index (χ0) is 15.1. The van der Waals surface area contributed by atoms with Gasteiger partial charge < -0.3 is 0 Å². The van der Waals surface area contributed by atoms with Gasteiger partial charge in [0.2, 0.25) is 0 Å². The lowest BCUT2D eigenvalue weighted by Gasteiger charge is -2.20. The van der Waals surface area contributed by atoms with Crippen LogP contribution in [0.2, 0.25) is 0 Å². The van der Waals surface area contributed by atoms with E-state index in [9.17, 15) is 0 Å². The SMILES string of the molecule is C/C=C/C1=Nc2ccc3c4c(ccc(c24)S1)N=C(/C=C/C)S3. The van der Waals surface area contributed by atoms with Crippen molar-refractivity contribution >= 4 is 55.8 Å². The van der Waals surface area contributed by atoms with Gasteiger partial charge in [-0.15, -0.1) is 0 Å². The van der Waals surface area contributed by atoms with Crippen molar-refractivity contribution in [1.29, 1.82) is 0 Å². The van der Waals surface area contributed by atoms with Gasteiger partial charge in [0.15, 0.2) is 0 Å². The lowest BCUT2D eigenvalue weighted by molar-refractivity contribution is 1.40. The highest BCUT2D eigenvalue weighted by Crippen LogP contribution is 2.49. The summed E-state index contributed by atoms with van der Waals surface area (Å²) < 4.78 is 0. The molecule has 0 atom stereocenters. The molecule has 0 aliphatic carbocycles. The van der Waals surface area contributed by atoms with Crippen molar-refractivity contribution in [2.45, 2.75) is 23.6 Å². The number of rotatable bonds is 2. The van der Waals surface area contributed by atoms with E-state index in [-0.39, 0.29) is 0 Å². The van der Waals surface area contributed by atoms with Gasteiger partial charge in [-0.1, -0.05) is 35.7 Å². The molecule has 2 aromatic rings. The first kappa shape index (κ1) is 13.9. The van der Waals surface area contributed by atoms with Gasteiger partial charge in [0.25, 0.3) is 0 Å². The monoisotopic (exact) mass is 322 g/mol. The Balaban J connectivity index is 2.00. The van der Waals surface area contributed by atoms with E-state index in [1.807, 2.05) is 26.0 Å². The lowest BCUT2D eigenvalue weighted by atomic mass is 10.1. The number of aliphatic imine (C=N–C) groups is 2. The molecule has 0 radical (unpaired) electrons. The van der Waals surface area contributed by atoms with Crippen LogP contribution >= 0.6 is 23.5 Å². The van der Waals surface area contributed by atoms with Crippen molar-refractivity contribution in [3.63, 3.8) is 0 Å². The molecule has 4 rings (SSSR count). The summed E-state index contributed by atoms with van der Waals surface area (Å²) in [6.45, 7) is 4.04. The van der Waals surface area contributed by atoms with E-state index in [4.69, 9.17) is 9.98 Å². The fourth-order valence-corrected chi connectivity index (χ4v) is 4.73. The summed E-state index contributed by atoms with van der Waals surface area (Å²) in [5.74, 6) is 0. The van der Waals surface area contributed by atoms with E-state index < -0.39 is 0 Å². The van der Waals surface area contributed by atoms with Crippen LogP contribution in [-0.2, 0) is 0 Å². The largest absolute Gasteiger partial charge is 0.241 e. The lowest BCUT2D eigenvalue weighted by Crippen LogP contribution is -1.98. The van der Waals surface area contributed by atoms with Gasteiger partial charge in [-0.3, -0.25) is 0 Å². The predicted molar refractivity (Wildman–Crippen MR) is 99.5 cm³/mol. The van der Waals surface area contributed by atoms with E-state index in [0.29, 0.717) is 0 Å². The summed E-state index contributed by atoms with van der Waals surface area (Å²) in [6, 6.07) is 8.58. The second kappa shape index (κ2) is 5.45. The molecule has 2 aliphatic rings. The molecule has 0 bridgehead atoms. The molecule has 2 aromatic carbocycles. The van der Waals surface area contributed by atoms with Gasteiger partial charge in [-0.25, -0.2) is 9.98 Å². The van der Waals surface area contributed by atoms with E-state index in [0.717, 1.165) is 21.5 Å². The molecular formula is C18H14N2S2. The maximum absolute atomic E-state index is 4.77. The molecule has 0 fully saturated rings. The van der Waals surface area contributed by atoms with Crippen LogP contribution in [-0.4, -0.2) is 10.1 Å². The second-order valence-corrected chi connectivity index (χ2v) is 7.14. The van der Waals surface area contributed by atoms with Gasteiger partial charge in [-0.05, 0) is 50.3 Å². The summed E-state index contributed by atoms with van der Waals surface area (Å²) in [6.07, 6.45) is 8.18. The third kappa shape index (κ3) is 2.14. The van der Waals surface area contributed by atoms with Crippen LogP contribution in [0.4, 0.5) is 11.4 Å². The molecule has 2 nitrogen and oxygen atoms in total. The molecule has 2 aliphatic heterocycles. The minimum absolute atomic E-state index is 1.04. The minimum atomic E-state index is 1.04.